The van der Waals surface area contributed by atoms with Crippen molar-refractivity contribution in [2.45, 2.75) is 39.2 Å². The maximum absolute atomic E-state index is 10.7. The molecular formula is C10H19NO3. The molecule has 14 heavy (non-hydrogen) atoms. The van der Waals surface area contributed by atoms with Gasteiger partial charge in [0.25, 0.3) is 0 Å². The van der Waals surface area contributed by atoms with Gasteiger partial charge in [0.15, 0.2) is 0 Å². The van der Waals surface area contributed by atoms with E-state index in [2.05, 4.69) is 5.32 Å². The Morgan fingerprint density at radius 2 is 2.07 bits per heavy atom. The molecule has 0 radical (unpaired) electrons. The van der Waals surface area contributed by atoms with Crippen molar-refractivity contribution in [1.29, 1.82) is 0 Å². The molecule has 3 N–H and O–H groups in total. The molecule has 0 aromatic heterocycles. The van der Waals surface area contributed by atoms with Crippen molar-refractivity contribution in [2.24, 2.45) is 11.3 Å². The molecule has 1 amide bonds. The first-order valence-electron chi connectivity index (χ1n) is 4.95. The first-order valence-corrected chi connectivity index (χ1v) is 4.95. The third-order valence-corrected chi connectivity index (χ3v) is 4.04. The van der Waals surface area contributed by atoms with Gasteiger partial charge in [-0.05, 0) is 31.1 Å². The number of nitrogens with one attached hydrogen (secondary N) is 1. The molecule has 0 saturated heterocycles. The number of amides is 1. The zero-order valence-electron chi connectivity index (χ0n) is 9.00. The van der Waals surface area contributed by atoms with Gasteiger partial charge in [-0.15, -0.1) is 0 Å². The maximum Gasteiger partial charge on any atom is 0.405 e. The van der Waals surface area contributed by atoms with E-state index in [0.29, 0.717) is 0 Å². The minimum Gasteiger partial charge on any atom is -0.465 e. The summed E-state index contributed by atoms with van der Waals surface area (Å²) < 4.78 is 0. The average molecular weight is 201 g/mol. The second-order valence-corrected chi connectivity index (χ2v) is 4.90. The highest BCUT2D eigenvalue weighted by Crippen LogP contribution is 2.49. The van der Waals surface area contributed by atoms with Crippen LogP contribution in [0.25, 0.3) is 0 Å². The molecule has 0 heterocycles. The van der Waals surface area contributed by atoms with E-state index in [1.165, 1.54) is 0 Å². The molecule has 4 nitrogen and oxygen atoms in total. The average Bonchev–Trinajstić information content (AvgIpc) is 2.22. The van der Waals surface area contributed by atoms with Gasteiger partial charge in [-0.3, -0.25) is 0 Å². The normalized spacial score (nSPS) is 35.6. The van der Waals surface area contributed by atoms with Crippen LogP contribution in [-0.4, -0.2) is 28.5 Å². The number of rotatable bonds is 2. The maximum atomic E-state index is 10.7. The molecule has 0 aromatic rings. The van der Waals surface area contributed by atoms with E-state index < -0.39 is 11.6 Å². The Balaban J connectivity index is 2.85. The number of aliphatic hydroxyl groups is 1. The van der Waals surface area contributed by atoms with Gasteiger partial charge in [-0.25, -0.2) is 4.79 Å². The van der Waals surface area contributed by atoms with Crippen LogP contribution in [0.3, 0.4) is 0 Å². The highest BCUT2D eigenvalue weighted by Gasteiger charge is 2.51. The number of hydrogen-bond donors (Lipinski definition) is 3. The molecule has 0 unspecified atom stereocenters. The van der Waals surface area contributed by atoms with E-state index in [1.54, 1.807) is 0 Å². The molecule has 82 valence electrons. The van der Waals surface area contributed by atoms with Crippen LogP contribution >= 0.6 is 0 Å². The Labute approximate surface area is 84.3 Å². The standard InChI is InChI=1S/C10H19NO3/c1-9(2)7(6-12)4-5-10(9,3)11-8(13)14/h7,11-12H,4-6H2,1-3H3,(H,13,14)/t7-,10-/m1/s1. The predicted octanol–water partition coefficient (Wildman–Crippen LogP) is 1.44. The van der Waals surface area contributed by atoms with Gasteiger partial charge in [0, 0.05) is 12.1 Å². The lowest BCUT2D eigenvalue weighted by Crippen LogP contribution is -2.54. The molecule has 0 bridgehead atoms. The van der Waals surface area contributed by atoms with Gasteiger partial charge in [0.2, 0.25) is 0 Å². The molecule has 1 rings (SSSR count). The first-order chi connectivity index (χ1) is 6.33. The Morgan fingerprint density at radius 3 is 2.43 bits per heavy atom. The quantitative estimate of drug-likeness (QED) is 0.633. The number of aliphatic hydroxyl groups excluding tert-OH is 1. The van der Waals surface area contributed by atoms with E-state index in [9.17, 15) is 9.90 Å². The Kier molecular flexibility index (Phi) is 2.76. The zero-order valence-corrected chi connectivity index (χ0v) is 9.00. The van der Waals surface area contributed by atoms with Crippen molar-refractivity contribution in [1.82, 2.24) is 5.32 Å². The van der Waals surface area contributed by atoms with Gasteiger partial charge in [-0.1, -0.05) is 13.8 Å². The molecule has 0 spiro atoms. The van der Waals surface area contributed by atoms with Crippen LogP contribution in [0.5, 0.6) is 0 Å². The third-order valence-electron chi connectivity index (χ3n) is 4.04. The fourth-order valence-corrected chi connectivity index (χ4v) is 2.38. The third kappa shape index (κ3) is 1.59. The van der Waals surface area contributed by atoms with Crippen LogP contribution in [0, 0.1) is 11.3 Å². The van der Waals surface area contributed by atoms with Crippen molar-refractivity contribution in [2.75, 3.05) is 6.61 Å². The summed E-state index contributed by atoms with van der Waals surface area (Å²) in [6, 6.07) is 0. The van der Waals surface area contributed by atoms with E-state index >= 15 is 0 Å². The van der Waals surface area contributed by atoms with Gasteiger partial charge in [0.1, 0.15) is 0 Å². The van der Waals surface area contributed by atoms with Crippen LogP contribution < -0.4 is 5.32 Å². The first kappa shape index (κ1) is 11.3. The summed E-state index contributed by atoms with van der Waals surface area (Å²) in [5.74, 6) is 0.180. The van der Waals surface area contributed by atoms with E-state index in [1.807, 2.05) is 20.8 Å². The minimum absolute atomic E-state index is 0.129. The minimum atomic E-state index is -0.987. The number of carbonyl (C=O) groups is 1. The predicted molar refractivity (Wildman–Crippen MR) is 53.2 cm³/mol. The fraction of sp³-hybridized carbons (Fsp3) is 0.900. The second-order valence-electron chi connectivity index (χ2n) is 4.90. The zero-order chi connectivity index (χ0) is 11.0. The summed E-state index contributed by atoms with van der Waals surface area (Å²) in [7, 11) is 0. The van der Waals surface area contributed by atoms with Crippen LogP contribution in [0.4, 0.5) is 4.79 Å². The Morgan fingerprint density at radius 1 is 1.50 bits per heavy atom. The van der Waals surface area contributed by atoms with Crippen molar-refractivity contribution in [3.05, 3.63) is 0 Å². The summed E-state index contributed by atoms with van der Waals surface area (Å²) in [5.41, 5.74) is -0.619. The summed E-state index contributed by atoms with van der Waals surface area (Å²) in [5, 5.41) is 20.5. The molecule has 2 atom stereocenters. The SMILES string of the molecule is CC1(C)[C@@H](CO)CC[C@@]1(C)NC(=O)O. The van der Waals surface area contributed by atoms with E-state index in [-0.39, 0.29) is 17.9 Å². The van der Waals surface area contributed by atoms with Gasteiger partial charge < -0.3 is 15.5 Å². The Hall–Kier alpha value is -0.770. The molecule has 0 aromatic carbocycles. The van der Waals surface area contributed by atoms with Crippen LogP contribution in [-0.2, 0) is 0 Å². The second kappa shape index (κ2) is 3.42. The summed E-state index contributed by atoms with van der Waals surface area (Å²) in [6.45, 7) is 6.06. The molecule has 1 aliphatic rings. The van der Waals surface area contributed by atoms with Crippen LogP contribution in [0.15, 0.2) is 0 Å². The van der Waals surface area contributed by atoms with E-state index in [4.69, 9.17) is 5.11 Å². The van der Waals surface area contributed by atoms with Gasteiger partial charge in [-0.2, -0.15) is 0 Å². The summed E-state index contributed by atoms with van der Waals surface area (Å²) >= 11 is 0. The Bertz CT molecular complexity index is 240. The summed E-state index contributed by atoms with van der Waals surface area (Å²) in [4.78, 5) is 10.7. The monoisotopic (exact) mass is 201 g/mol. The van der Waals surface area contributed by atoms with Crippen molar-refractivity contribution in [3.8, 4) is 0 Å². The molecule has 0 aliphatic heterocycles. The topological polar surface area (TPSA) is 69.6 Å². The lowest BCUT2D eigenvalue weighted by atomic mass is 9.71. The lowest BCUT2D eigenvalue weighted by molar-refractivity contribution is 0.0817. The number of carboxylic acid groups (broad SMARTS) is 1. The molecule has 1 saturated carbocycles. The lowest BCUT2D eigenvalue weighted by Gasteiger charge is -2.41. The van der Waals surface area contributed by atoms with Crippen molar-refractivity contribution in [3.63, 3.8) is 0 Å². The number of hydrogen-bond acceptors (Lipinski definition) is 2. The van der Waals surface area contributed by atoms with Crippen molar-refractivity contribution >= 4 is 6.09 Å². The molecule has 1 fully saturated rings. The molecule has 4 heteroatoms. The van der Waals surface area contributed by atoms with Gasteiger partial charge in [0.05, 0.1) is 0 Å². The fourth-order valence-electron chi connectivity index (χ4n) is 2.38. The largest absolute Gasteiger partial charge is 0.465 e. The molecule has 1 aliphatic carbocycles. The van der Waals surface area contributed by atoms with Crippen LogP contribution in [0.2, 0.25) is 0 Å². The molecular weight excluding hydrogens is 182 g/mol. The van der Waals surface area contributed by atoms with E-state index in [0.717, 1.165) is 12.8 Å². The van der Waals surface area contributed by atoms with Crippen LogP contribution in [0.1, 0.15) is 33.6 Å². The van der Waals surface area contributed by atoms with Crippen molar-refractivity contribution < 1.29 is 15.0 Å². The summed E-state index contributed by atoms with van der Waals surface area (Å²) in [6.07, 6.45) is 0.678. The highest BCUT2D eigenvalue weighted by atomic mass is 16.4. The highest BCUT2D eigenvalue weighted by molar-refractivity contribution is 5.65. The van der Waals surface area contributed by atoms with Gasteiger partial charge >= 0.3 is 6.09 Å². The smallest absolute Gasteiger partial charge is 0.405 e.